The van der Waals surface area contributed by atoms with E-state index in [1.807, 2.05) is 0 Å². The number of amides is 1. The standard InChI is InChI=1S/C8H12N4O2/c9-7(14)8(2-3-8)12-5-6(1-4-13)10-11-12/h5,13H,1-4H2,(H2,9,14). The Balaban J connectivity index is 2.21. The molecule has 1 aromatic heterocycles. The van der Waals surface area contributed by atoms with Crippen molar-refractivity contribution in [3.05, 3.63) is 11.9 Å². The highest BCUT2D eigenvalue weighted by atomic mass is 16.3. The topological polar surface area (TPSA) is 94.0 Å². The number of primary amides is 1. The van der Waals surface area contributed by atoms with Gasteiger partial charge in [0.2, 0.25) is 5.91 Å². The minimum Gasteiger partial charge on any atom is -0.396 e. The normalized spacial score (nSPS) is 18.1. The molecule has 1 aliphatic rings. The molecule has 0 spiro atoms. The summed E-state index contributed by atoms with van der Waals surface area (Å²) in [5.74, 6) is -0.363. The fraction of sp³-hybridized carbons (Fsp3) is 0.625. The molecule has 1 aliphatic carbocycles. The van der Waals surface area contributed by atoms with Gasteiger partial charge in [0, 0.05) is 19.2 Å². The number of aliphatic hydroxyl groups is 1. The van der Waals surface area contributed by atoms with Crippen LogP contribution in [0.1, 0.15) is 18.5 Å². The third-order valence-electron chi connectivity index (χ3n) is 2.53. The second-order valence-corrected chi connectivity index (χ2v) is 3.52. The molecule has 0 aliphatic heterocycles. The summed E-state index contributed by atoms with van der Waals surface area (Å²) in [6.45, 7) is 0.0300. The van der Waals surface area contributed by atoms with E-state index in [1.54, 1.807) is 6.20 Å². The maximum Gasteiger partial charge on any atom is 0.245 e. The molecule has 0 unspecified atom stereocenters. The Hall–Kier alpha value is -1.43. The minimum absolute atomic E-state index is 0.0300. The van der Waals surface area contributed by atoms with Crippen LogP contribution >= 0.6 is 0 Å². The first-order chi connectivity index (χ1) is 6.69. The Morgan fingerprint density at radius 2 is 2.43 bits per heavy atom. The van der Waals surface area contributed by atoms with Crippen LogP contribution in [0.5, 0.6) is 0 Å². The molecule has 3 N–H and O–H groups in total. The van der Waals surface area contributed by atoms with Gasteiger partial charge in [0.1, 0.15) is 5.54 Å². The van der Waals surface area contributed by atoms with Crippen molar-refractivity contribution >= 4 is 5.91 Å². The summed E-state index contributed by atoms with van der Waals surface area (Å²) in [6, 6.07) is 0. The lowest BCUT2D eigenvalue weighted by molar-refractivity contribution is -0.122. The monoisotopic (exact) mass is 196 g/mol. The van der Waals surface area contributed by atoms with Gasteiger partial charge in [-0.15, -0.1) is 5.10 Å². The quantitative estimate of drug-likeness (QED) is 0.631. The molecule has 6 heteroatoms. The van der Waals surface area contributed by atoms with Gasteiger partial charge >= 0.3 is 0 Å². The molecule has 0 bridgehead atoms. The Bertz CT molecular complexity index is 356. The van der Waals surface area contributed by atoms with Gasteiger partial charge in [0.05, 0.1) is 5.69 Å². The van der Waals surface area contributed by atoms with Crippen molar-refractivity contribution in [1.29, 1.82) is 0 Å². The summed E-state index contributed by atoms with van der Waals surface area (Å²) in [4.78, 5) is 11.1. The van der Waals surface area contributed by atoms with Crippen LogP contribution in [0.15, 0.2) is 6.20 Å². The summed E-state index contributed by atoms with van der Waals surface area (Å²) in [5, 5.41) is 16.4. The number of rotatable bonds is 4. The van der Waals surface area contributed by atoms with E-state index in [4.69, 9.17) is 10.8 Å². The molecular formula is C8H12N4O2. The molecule has 14 heavy (non-hydrogen) atoms. The first kappa shape index (κ1) is 9.14. The van der Waals surface area contributed by atoms with Gasteiger partial charge < -0.3 is 10.8 Å². The Kier molecular flexibility index (Phi) is 1.99. The third kappa shape index (κ3) is 1.27. The van der Waals surface area contributed by atoms with Crippen LogP contribution in [0, 0.1) is 0 Å². The van der Waals surface area contributed by atoms with E-state index in [2.05, 4.69) is 10.3 Å². The van der Waals surface area contributed by atoms with E-state index >= 15 is 0 Å². The van der Waals surface area contributed by atoms with Crippen LogP contribution in [0.25, 0.3) is 0 Å². The fourth-order valence-corrected chi connectivity index (χ4v) is 1.44. The van der Waals surface area contributed by atoms with Crippen molar-refractivity contribution in [2.24, 2.45) is 5.73 Å². The first-order valence-corrected chi connectivity index (χ1v) is 4.51. The van der Waals surface area contributed by atoms with Crippen molar-refractivity contribution in [3.63, 3.8) is 0 Å². The zero-order valence-corrected chi connectivity index (χ0v) is 7.68. The average molecular weight is 196 g/mol. The maximum absolute atomic E-state index is 11.1. The summed E-state index contributed by atoms with van der Waals surface area (Å²) in [7, 11) is 0. The Morgan fingerprint density at radius 3 is 2.93 bits per heavy atom. The highest BCUT2D eigenvalue weighted by Crippen LogP contribution is 2.42. The second kappa shape index (κ2) is 3.06. The number of hydrogen-bond acceptors (Lipinski definition) is 4. The summed E-state index contributed by atoms with van der Waals surface area (Å²) >= 11 is 0. The molecule has 0 aromatic carbocycles. The molecule has 1 heterocycles. The van der Waals surface area contributed by atoms with E-state index in [0.717, 1.165) is 12.8 Å². The van der Waals surface area contributed by atoms with Gasteiger partial charge in [-0.2, -0.15) is 0 Å². The summed E-state index contributed by atoms with van der Waals surface area (Å²) in [6.07, 6.45) is 3.58. The lowest BCUT2D eigenvalue weighted by atomic mass is 10.2. The average Bonchev–Trinajstić information content (AvgIpc) is 2.84. The van der Waals surface area contributed by atoms with Crippen molar-refractivity contribution < 1.29 is 9.90 Å². The summed E-state index contributed by atoms with van der Waals surface area (Å²) in [5.41, 5.74) is 5.31. The Labute approximate surface area is 80.7 Å². The van der Waals surface area contributed by atoms with Crippen LogP contribution in [0.4, 0.5) is 0 Å². The highest BCUT2D eigenvalue weighted by molar-refractivity contribution is 5.85. The largest absolute Gasteiger partial charge is 0.396 e. The molecule has 1 amide bonds. The molecular weight excluding hydrogens is 184 g/mol. The van der Waals surface area contributed by atoms with Crippen molar-refractivity contribution in [1.82, 2.24) is 15.0 Å². The lowest BCUT2D eigenvalue weighted by Crippen LogP contribution is -2.34. The van der Waals surface area contributed by atoms with Gasteiger partial charge in [-0.1, -0.05) is 5.21 Å². The molecule has 76 valence electrons. The zero-order valence-electron chi connectivity index (χ0n) is 7.68. The maximum atomic E-state index is 11.1. The van der Waals surface area contributed by atoms with Crippen LogP contribution in [0.2, 0.25) is 0 Å². The number of nitrogens with zero attached hydrogens (tertiary/aromatic N) is 3. The van der Waals surface area contributed by atoms with Crippen molar-refractivity contribution in [2.45, 2.75) is 24.8 Å². The van der Waals surface area contributed by atoms with E-state index in [9.17, 15) is 4.79 Å². The number of aliphatic hydroxyl groups excluding tert-OH is 1. The molecule has 1 fully saturated rings. The summed E-state index contributed by atoms with van der Waals surface area (Å²) < 4.78 is 1.51. The van der Waals surface area contributed by atoms with E-state index in [-0.39, 0.29) is 12.5 Å². The number of nitrogens with two attached hydrogens (primary N) is 1. The molecule has 0 saturated heterocycles. The van der Waals surface area contributed by atoms with Crippen LogP contribution in [-0.2, 0) is 16.8 Å². The smallest absolute Gasteiger partial charge is 0.245 e. The van der Waals surface area contributed by atoms with Gasteiger partial charge in [-0.05, 0) is 12.8 Å². The predicted molar refractivity (Wildman–Crippen MR) is 47.2 cm³/mol. The SMILES string of the molecule is NC(=O)C1(n2cc(CCO)nn2)CC1. The van der Waals surface area contributed by atoms with Gasteiger partial charge in [-0.3, -0.25) is 4.79 Å². The zero-order chi connectivity index (χ0) is 10.2. The molecule has 6 nitrogen and oxygen atoms in total. The predicted octanol–water partition coefficient (Wildman–Crippen LogP) is -1.21. The Morgan fingerprint density at radius 1 is 1.71 bits per heavy atom. The van der Waals surface area contributed by atoms with E-state index < -0.39 is 5.54 Å². The van der Waals surface area contributed by atoms with Crippen molar-refractivity contribution in [3.8, 4) is 0 Å². The number of carbonyl (C=O) groups is 1. The lowest BCUT2D eigenvalue weighted by Gasteiger charge is -2.09. The number of aromatic nitrogens is 3. The van der Waals surface area contributed by atoms with Gasteiger partial charge in [-0.25, -0.2) is 4.68 Å². The molecule has 0 radical (unpaired) electrons. The third-order valence-corrected chi connectivity index (χ3v) is 2.53. The fourth-order valence-electron chi connectivity index (χ4n) is 1.44. The van der Waals surface area contributed by atoms with Crippen molar-refractivity contribution in [2.75, 3.05) is 6.61 Å². The van der Waals surface area contributed by atoms with Crippen LogP contribution < -0.4 is 5.73 Å². The number of carbonyl (C=O) groups excluding carboxylic acids is 1. The van der Waals surface area contributed by atoms with E-state index in [1.165, 1.54) is 4.68 Å². The minimum atomic E-state index is -0.638. The highest BCUT2D eigenvalue weighted by Gasteiger charge is 2.51. The van der Waals surface area contributed by atoms with E-state index in [0.29, 0.717) is 12.1 Å². The number of hydrogen-bond donors (Lipinski definition) is 2. The van der Waals surface area contributed by atoms with Gasteiger partial charge in [0.15, 0.2) is 0 Å². The van der Waals surface area contributed by atoms with Crippen LogP contribution in [0.3, 0.4) is 0 Å². The second-order valence-electron chi connectivity index (χ2n) is 3.52. The molecule has 1 aromatic rings. The first-order valence-electron chi connectivity index (χ1n) is 4.51. The van der Waals surface area contributed by atoms with Gasteiger partial charge in [0.25, 0.3) is 0 Å². The molecule has 0 atom stereocenters. The molecule has 1 saturated carbocycles. The molecule has 2 rings (SSSR count). The van der Waals surface area contributed by atoms with Crippen LogP contribution in [-0.4, -0.2) is 32.6 Å².